The van der Waals surface area contributed by atoms with Gasteiger partial charge in [-0.25, -0.2) is 0 Å². The number of nitrogens with one attached hydrogen (secondary N) is 2. The fraction of sp³-hybridized carbons (Fsp3) is 0.100. The van der Waals surface area contributed by atoms with E-state index in [2.05, 4.69) is 74.4 Å². The van der Waals surface area contributed by atoms with Crippen molar-refractivity contribution in [3.8, 4) is 0 Å². The summed E-state index contributed by atoms with van der Waals surface area (Å²) in [4.78, 5) is 26.4. The van der Waals surface area contributed by atoms with E-state index < -0.39 is 0 Å². The van der Waals surface area contributed by atoms with Crippen LogP contribution in [0.1, 0.15) is 20.7 Å². The second-order valence-electron chi connectivity index (χ2n) is 5.21. The molecule has 0 bridgehead atoms. The summed E-state index contributed by atoms with van der Waals surface area (Å²) in [5.74, 6) is -0.145. The van der Waals surface area contributed by atoms with Gasteiger partial charge in [0.2, 0.25) is 0 Å². The number of benzene rings is 2. The number of amides is 2. The first kappa shape index (κ1) is 24.8. The maximum Gasteiger partial charge on any atom is 0.251 e. The van der Waals surface area contributed by atoms with Gasteiger partial charge < -0.3 is 10.6 Å². The van der Waals surface area contributed by atoms with E-state index in [0.29, 0.717) is 24.2 Å². The third-order valence-corrected chi connectivity index (χ3v) is 6.50. The summed E-state index contributed by atoms with van der Waals surface area (Å²) in [5.41, 5.74) is 1.34. The SMILES string of the molecule is O=C(NCC(Br)=CBr)c1ccccc1.O=C(NCC(Br)=CBr)c1ccccc1. The van der Waals surface area contributed by atoms with Crippen LogP contribution in [0.3, 0.4) is 0 Å². The summed E-state index contributed by atoms with van der Waals surface area (Å²) < 4.78 is 1.78. The lowest BCUT2D eigenvalue weighted by atomic mass is 10.2. The maximum atomic E-state index is 11.5. The van der Waals surface area contributed by atoms with Crippen LogP contribution in [-0.4, -0.2) is 24.9 Å². The van der Waals surface area contributed by atoms with Crippen molar-refractivity contribution in [2.24, 2.45) is 0 Å². The van der Waals surface area contributed by atoms with Crippen molar-refractivity contribution < 1.29 is 9.59 Å². The molecular formula is C20H18Br4N2O2. The summed E-state index contributed by atoms with van der Waals surface area (Å²) in [5, 5.41) is 5.53. The number of hydrogen-bond donors (Lipinski definition) is 2. The Bertz CT molecular complexity index is 740. The predicted octanol–water partition coefficient (Wildman–Crippen LogP) is 6.10. The van der Waals surface area contributed by atoms with Crippen LogP contribution in [-0.2, 0) is 0 Å². The van der Waals surface area contributed by atoms with Crippen molar-refractivity contribution in [3.05, 3.63) is 90.7 Å². The Morgan fingerprint density at radius 3 is 1.29 bits per heavy atom. The molecule has 8 heteroatoms. The van der Waals surface area contributed by atoms with Gasteiger partial charge in [0, 0.05) is 20.1 Å². The highest BCUT2D eigenvalue weighted by Crippen LogP contribution is 2.07. The molecule has 0 aliphatic rings. The summed E-state index contributed by atoms with van der Waals surface area (Å²) in [6.45, 7) is 0.970. The largest absolute Gasteiger partial charge is 0.347 e. The van der Waals surface area contributed by atoms with Gasteiger partial charge in [0.25, 0.3) is 11.8 Å². The molecule has 0 aliphatic carbocycles. The highest BCUT2D eigenvalue weighted by molar-refractivity contribution is 9.14. The summed E-state index contributed by atoms with van der Waals surface area (Å²) in [7, 11) is 0. The zero-order valence-corrected chi connectivity index (χ0v) is 21.0. The van der Waals surface area contributed by atoms with Crippen LogP contribution in [0.2, 0.25) is 0 Å². The molecule has 2 aromatic carbocycles. The van der Waals surface area contributed by atoms with Gasteiger partial charge in [-0.2, -0.15) is 0 Å². The van der Waals surface area contributed by atoms with Gasteiger partial charge >= 0.3 is 0 Å². The summed E-state index contributed by atoms with van der Waals surface area (Å²) in [6.07, 6.45) is 0. The molecule has 148 valence electrons. The fourth-order valence-corrected chi connectivity index (χ4v) is 2.39. The molecule has 28 heavy (non-hydrogen) atoms. The third-order valence-electron chi connectivity index (χ3n) is 3.14. The Balaban J connectivity index is 0.000000280. The van der Waals surface area contributed by atoms with Gasteiger partial charge in [0.1, 0.15) is 0 Å². The van der Waals surface area contributed by atoms with Crippen LogP contribution in [0.15, 0.2) is 79.6 Å². The second-order valence-corrected chi connectivity index (χ2v) is 8.16. The van der Waals surface area contributed by atoms with E-state index in [1.807, 2.05) is 36.4 Å². The van der Waals surface area contributed by atoms with Crippen molar-refractivity contribution in [1.82, 2.24) is 10.6 Å². The average Bonchev–Trinajstić information content (AvgIpc) is 2.76. The molecule has 0 unspecified atom stereocenters. The molecule has 0 spiro atoms. The lowest BCUT2D eigenvalue weighted by molar-refractivity contribution is 0.0949. The maximum absolute atomic E-state index is 11.5. The van der Waals surface area contributed by atoms with Gasteiger partial charge in [-0.15, -0.1) is 0 Å². The van der Waals surface area contributed by atoms with Gasteiger partial charge in [-0.1, -0.05) is 100 Å². The van der Waals surface area contributed by atoms with Crippen molar-refractivity contribution in [1.29, 1.82) is 0 Å². The van der Waals surface area contributed by atoms with Crippen molar-refractivity contribution in [2.75, 3.05) is 13.1 Å². The van der Waals surface area contributed by atoms with Gasteiger partial charge in [-0.05, 0) is 34.2 Å². The average molecular weight is 638 g/mol. The molecule has 0 saturated carbocycles. The Hall–Kier alpha value is -1.22. The van der Waals surface area contributed by atoms with Crippen LogP contribution in [0.5, 0.6) is 0 Å². The number of rotatable bonds is 6. The van der Waals surface area contributed by atoms with E-state index in [1.165, 1.54) is 0 Å². The lowest BCUT2D eigenvalue weighted by Gasteiger charge is -2.03. The molecule has 0 atom stereocenters. The topological polar surface area (TPSA) is 58.2 Å². The van der Waals surface area contributed by atoms with Crippen LogP contribution >= 0.6 is 63.7 Å². The van der Waals surface area contributed by atoms with Gasteiger partial charge in [0.05, 0.1) is 13.1 Å². The third kappa shape index (κ3) is 10.4. The molecular weight excluding hydrogens is 620 g/mol. The Morgan fingerprint density at radius 1 is 0.679 bits per heavy atom. The number of carbonyl (C=O) groups is 2. The van der Waals surface area contributed by atoms with Crippen LogP contribution in [0, 0.1) is 0 Å². The molecule has 0 saturated heterocycles. The molecule has 0 heterocycles. The molecule has 0 fully saturated rings. The zero-order valence-electron chi connectivity index (χ0n) is 14.7. The monoisotopic (exact) mass is 634 g/mol. The highest BCUT2D eigenvalue weighted by Gasteiger charge is 2.04. The van der Waals surface area contributed by atoms with Crippen molar-refractivity contribution in [3.63, 3.8) is 0 Å². The Morgan fingerprint density at radius 2 is 1.00 bits per heavy atom. The van der Waals surface area contributed by atoms with E-state index in [4.69, 9.17) is 0 Å². The van der Waals surface area contributed by atoms with Crippen LogP contribution in [0.4, 0.5) is 0 Å². The normalized spacial score (nSPS) is 11.1. The smallest absolute Gasteiger partial charge is 0.251 e. The van der Waals surface area contributed by atoms with Crippen LogP contribution < -0.4 is 10.6 Å². The van der Waals surface area contributed by atoms with Gasteiger partial charge in [-0.3, -0.25) is 9.59 Å². The first-order valence-electron chi connectivity index (χ1n) is 8.04. The van der Waals surface area contributed by atoms with E-state index in [0.717, 1.165) is 8.96 Å². The van der Waals surface area contributed by atoms with Crippen molar-refractivity contribution in [2.45, 2.75) is 0 Å². The predicted molar refractivity (Wildman–Crippen MR) is 129 cm³/mol. The van der Waals surface area contributed by atoms with Crippen LogP contribution in [0.25, 0.3) is 0 Å². The number of carbonyl (C=O) groups excluding carboxylic acids is 2. The Kier molecular flexibility index (Phi) is 13.1. The molecule has 0 aliphatic heterocycles. The Labute approximate surface area is 198 Å². The minimum Gasteiger partial charge on any atom is -0.347 e. The first-order chi connectivity index (χ1) is 13.5. The molecule has 2 N–H and O–H groups in total. The summed E-state index contributed by atoms with van der Waals surface area (Å²) in [6, 6.07) is 18.2. The molecule has 0 aromatic heterocycles. The minimum atomic E-state index is -0.0723. The molecule has 2 amide bonds. The molecule has 2 rings (SSSR count). The quantitative estimate of drug-likeness (QED) is 0.403. The van der Waals surface area contributed by atoms with E-state index >= 15 is 0 Å². The molecule has 0 radical (unpaired) electrons. The highest BCUT2D eigenvalue weighted by atomic mass is 79.9. The fourth-order valence-electron chi connectivity index (χ4n) is 1.79. The number of hydrogen-bond acceptors (Lipinski definition) is 2. The first-order valence-corrected chi connectivity index (χ1v) is 11.5. The van der Waals surface area contributed by atoms with E-state index in [-0.39, 0.29) is 11.8 Å². The van der Waals surface area contributed by atoms with E-state index in [1.54, 1.807) is 34.2 Å². The minimum absolute atomic E-state index is 0.0723. The van der Waals surface area contributed by atoms with E-state index in [9.17, 15) is 9.59 Å². The zero-order chi connectivity index (χ0) is 20.8. The second kappa shape index (κ2) is 14.7. The van der Waals surface area contributed by atoms with Crippen molar-refractivity contribution >= 4 is 75.5 Å². The molecule has 4 nitrogen and oxygen atoms in total. The standard InChI is InChI=1S/2C10H9Br2NO/c2*11-6-9(12)7-13-10(14)8-4-2-1-3-5-8/h2*1-6H,7H2,(H,13,14). The number of halogens is 4. The molecule has 2 aromatic rings. The van der Waals surface area contributed by atoms with Gasteiger partial charge in [0.15, 0.2) is 0 Å². The summed E-state index contributed by atoms with van der Waals surface area (Å²) >= 11 is 12.9. The lowest BCUT2D eigenvalue weighted by Crippen LogP contribution is -2.24.